The third kappa shape index (κ3) is 3.71. The summed E-state index contributed by atoms with van der Waals surface area (Å²) in [5.74, 6) is 1.04. The van der Waals surface area contributed by atoms with Crippen LogP contribution in [0, 0.1) is 17.2 Å². The summed E-state index contributed by atoms with van der Waals surface area (Å²) >= 11 is 0. The van der Waals surface area contributed by atoms with Crippen molar-refractivity contribution in [2.45, 2.75) is 45.7 Å². The number of carbonyl (C=O) groups is 1. The van der Waals surface area contributed by atoms with Crippen molar-refractivity contribution in [2.75, 3.05) is 18.4 Å². The number of anilines is 1. The number of nitrogens with one attached hydrogen (secondary N) is 1. The zero-order valence-electron chi connectivity index (χ0n) is 14.6. The average molecular weight is 341 g/mol. The SMILES string of the molecule is CC(C)C(=O)N1CCC(Nc2ncnc3c2cnn3CCC#N)CC1. The Morgan fingerprint density at radius 3 is 2.84 bits per heavy atom. The molecule has 1 N–H and O–H groups in total. The molecule has 3 heterocycles. The number of piperidine rings is 1. The van der Waals surface area contributed by atoms with Gasteiger partial charge in [-0.15, -0.1) is 0 Å². The number of rotatable bonds is 5. The monoisotopic (exact) mass is 341 g/mol. The van der Waals surface area contributed by atoms with E-state index in [1.807, 2.05) is 18.7 Å². The summed E-state index contributed by atoms with van der Waals surface area (Å²) in [6, 6.07) is 2.39. The maximum Gasteiger partial charge on any atom is 0.225 e. The Bertz CT molecular complexity index is 784. The molecule has 2 aromatic heterocycles. The van der Waals surface area contributed by atoms with E-state index in [0.29, 0.717) is 13.0 Å². The number of likely N-dealkylation sites (tertiary alicyclic amines) is 1. The van der Waals surface area contributed by atoms with E-state index in [-0.39, 0.29) is 17.9 Å². The molecular formula is C17H23N7O. The van der Waals surface area contributed by atoms with Gasteiger partial charge in [-0.1, -0.05) is 13.8 Å². The molecule has 1 saturated heterocycles. The molecule has 0 saturated carbocycles. The Morgan fingerprint density at radius 1 is 1.40 bits per heavy atom. The van der Waals surface area contributed by atoms with Crippen LogP contribution in [0.15, 0.2) is 12.5 Å². The molecule has 0 aromatic carbocycles. The van der Waals surface area contributed by atoms with Gasteiger partial charge < -0.3 is 10.2 Å². The zero-order valence-corrected chi connectivity index (χ0v) is 14.6. The van der Waals surface area contributed by atoms with Crippen LogP contribution in [0.25, 0.3) is 11.0 Å². The quantitative estimate of drug-likeness (QED) is 0.890. The van der Waals surface area contributed by atoms with Gasteiger partial charge in [0.1, 0.15) is 12.1 Å². The lowest BCUT2D eigenvalue weighted by Gasteiger charge is -2.33. The third-order valence-corrected chi connectivity index (χ3v) is 4.51. The predicted octanol–water partition coefficient (Wildman–Crippen LogP) is 1.80. The number of aryl methyl sites for hydroxylation is 1. The van der Waals surface area contributed by atoms with E-state index in [2.05, 4.69) is 26.5 Å². The highest BCUT2D eigenvalue weighted by Crippen LogP contribution is 2.22. The van der Waals surface area contributed by atoms with Crippen LogP contribution >= 0.6 is 0 Å². The summed E-state index contributed by atoms with van der Waals surface area (Å²) in [4.78, 5) is 22.7. The standard InChI is InChI=1S/C17H23N7O/c1-12(2)17(25)23-8-4-13(5-9-23)22-15-14-10-21-24(7-3-6-18)16(14)20-11-19-15/h10-13H,3-5,7-9H2,1-2H3,(H,19,20,22). The first-order valence-electron chi connectivity index (χ1n) is 8.69. The van der Waals surface area contributed by atoms with Crippen molar-refractivity contribution >= 4 is 22.8 Å². The topological polar surface area (TPSA) is 99.7 Å². The normalized spacial score (nSPS) is 15.5. The first-order chi connectivity index (χ1) is 12.1. The fraction of sp³-hybridized carbons (Fsp3) is 0.588. The van der Waals surface area contributed by atoms with E-state index in [9.17, 15) is 4.79 Å². The minimum absolute atomic E-state index is 0.0465. The molecule has 8 nitrogen and oxygen atoms in total. The van der Waals surface area contributed by atoms with Crippen LogP contribution < -0.4 is 5.32 Å². The highest BCUT2D eigenvalue weighted by molar-refractivity contribution is 5.86. The van der Waals surface area contributed by atoms with Crippen LogP contribution in [0.1, 0.15) is 33.1 Å². The van der Waals surface area contributed by atoms with Gasteiger partial charge in [0.05, 0.1) is 30.6 Å². The molecule has 1 amide bonds. The van der Waals surface area contributed by atoms with Gasteiger partial charge >= 0.3 is 0 Å². The highest BCUT2D eigenvalue weighted by atomic mass is 16.2. The Balaban J connectivity index is 1.67. The minimum atomic E-state index is 0.0465. The van der Waals surface area contributed by atoms with Gasteiger partial charge in [-0.05, 0) is 12.8 Å². The fourth-order valence-corrected chi connectivity index (χ4v) is 3.13. The van der Waals surface area contributed by atoms with Crippen LogP contribution in [0.4, 0.5) is 5.82 Å². The van der Waals surface area contributed by atoms with E-state index < -0.39 is 0 Å². The molecule has 25 heavy (non-hydrogen) atoms. The number of hydrogen-bond acceptors (Lipinski definition) is 6. The van der Waals surface area contributed by atoms with Crippen LogP contribution in [-0.4, -0.2) is 49.7 Å². The van der Waals surface area contributed by atoms with E-state index in [1.54, 1.807) is 10.9 Å². The second-order valence-corrected chi connectivity index (χ2v) is 6.63. The van der Waals surface area contributed by atoms with Crippen LogP contribution in [0.5, 0.6) is 0 Å². The molecule has 8 heteroatoms. The van der Waals surface area contributed by atoms with Crippen LogP contribution in [0.3, 0.4) is 0 Å². The number of carbonyl (C=O) groups excluding carboxylic acids is 1. The number of nitrogens with zero attached hydrogens (tertiary/aromatic N) is 6. The van der Waals surface area contributed by atoms with Gasteiger partial charge in [0.15, 0.2) is 5.65 Å². The zero-order chi connectivity index (χ0) is 17.8. The molecule has 132 valence electrons. The minimum Gasteiger partial charge on any atom is -0.366 e. The molecule has 2 aromatic rings. The first kappa shape index (κ1) is 17.1. The maximum absolute atomic E-state index is 12.1. The van der Waals surface area contributed by atoms with Crippen LogP contribution in [0.2, 0.25) is 0 Å². The van der Waals surface area contributed by atoms with Gasteiger partial charge in [0, 0.05) is 25.0 Å². The summed E-state index contributed by atoms with van der Waals surface area (Å²) in [7, 11) is 0. The lowest BCUT2D eigenvalue weighted by molar-refractivity contribution is -0.135. The van der Waals surface area contributed by atoms with Gasteiger partial charge in [-0.25, -0.2) is 14.6 Å². The van der Waals surface area contributed by atoms with Crippen molar-refractivity contribution in [1.29, 1.82) is 5.26 Å². The maximum atomic E-state index is 12.1. The van der Waals surface area contributed by atoms with Crippen molar-refractivity contribution in [3.63, 3.8) is 0 Å². The second kappa shape index (κ2) is 7.47. The summed E-state index contributed by atoms with van der Waals surface area (Å²) in [6.07, 6.45) is 5.45. The lowest BCUT2D eigenvalue weighted by atomic mass is 10.0. The van der Waals surface area contributed by atoms with Gasteiger partial charge in [-0.2, -0.15) is 10.4 Å². The Kier molecular flexibility index (Phi) is 5.12. The molecule has 0 radical (unpaired) electrons. The second-order valence-electron chi connectivity index (χ2n) is 6.63. The smallest absolute Gasteiger partial charge is 0.225 e. The molecule has 0 aliphatic carbocycles. The van der Waals surface area contributed by atoms with Crippen molar-refractivity contribution in [2.24, 2.45) is 5.92 Å². The molecule has 0 bridgehead atoms. The summed E-state index contributed by atoms with van der Waals surface area (Å²) in [5, 5.41) is 17.4. The van der Waals surface area contributed by atoms with Crippen LogP contribution in [-0.2, 0) is 11.3 Å². The third-order valence-electron chi connectivity index (χ3n) is 4.51. The van der Waals surface area contributed by atoms with E-state index in [4.69, 9.17) is 5.26 Å². The molecule has 1 fully saturated rings. The summed E-state index contributed by atoms with van der Waals surface area (Å²) < 4.78 is 1.73. The first-order valence-corrected chi connectivity index (χ1v) is 8.69. The summed E-state index contributed by atoms with van der Waals surface area (Å²) in [6.45, 7) is 5.93. The van der Waals surface area contributed by atoms with Gasteiger partial charge in [0.2, 0.25) is 5.91 Å². The molecule has 0 unspecified atom stereocenters. The molecular weight excluding hydrogens is 318 g/mol. The van der Waals surface area contributed by atoms with Gasteiger partial charge in [-0.3, -0.25) is 4.79 Å². The molecule has 0 atom stereocenters. The number of nitriles is 1. The number of amides is 1. The Morgan fingerprint density at radius 2 is 2.16 bits per heavy atom. The van der Waals surface area contributed by atoms with Gasteiger partial charge in [0.25, 0.3) is 0 Å². The molecule has 1 aliphatic rings. The lowest BCUT2D eigenvalue weighted by Crippen LogP contribution is -2.44. The van der Waals surface area contributed by atoms with Crippen molar-refractivity contribution in [3.05, 3.63) is 12.5 Å². The van der Waals surface area contributed by atoms with E-state index in [1.165, 1.54) is 6.33 Å². The summed E-state index contributed by atoms with van der Waals surface area (Å²) in [5.41, 5.74) is 0.736. The molecule has 0 spiro atoms. The highest BCUT2D eigenvalue weighted by Gasteiger charge is 2.25. The van der Waals surface area contributed by atoms with E-state index >= 15 is 0 Å². The molecule has 3 rings (SSSR count). The predicted molar refractivity (Wildman–Crippen MR) is 93.6 cm³/mol. The fourth-order valence-electron chi connectivity index (χ4n) is 3.13. The number of hydrogen-bond donors (Lipinski definition) is 1. The number of fused-ring (bicyclic) bond motifs is 1. The van der Waals surface area contributed by atoms with Crippen molar-refractivity contribution in [3.8, 4) is 6.07 Å². The Labute approximate surface area is 146 Å². The van der Waals surface area contributed by atoms with E-state index in [0.717, 1.165) is 42.8 Å². The molecule has 1 aliphatic heterocycles. The van der Waals surface area contributed by atoms with Crippen molar-refractivity contribution in [1.82, 2.24) is 24.6 Å². The largest absolute Gasteiger partial charge is 0.366 e. The van der Waals surface area contributed by atoms with Crippen molar-refractivity contribution < 1.29 is 4.79 Å². The Hall–Kier alpha value is -2.69. The number of aromatic nitrogens is 4. The average Bonchev–Trinajstić information content (AvgIpc) is 3.04.